The highest BCUT2D eigenvalue weighted by Gasteiger charge is 2.49. The van der Waals surface area contributed by atoms with Gasteiger partial charge < -0.3 is 29.6 Å². The molecule has 15 heteroatoms. The lowest BCUT2D eigenvalue weighted by Crippen LogP contribution is -2.65. The lowest BCUT2D eigenvalue weighted by atomic mass is 9.92. The van der Waals surface area contributed by atoms with Crippen LogP contribution >= 0.6 is 0 Å². The van der Waals surface area contributed by atoms with E-state index in [1.807, 2.05) is 4.90 Å². The molecule has 0 bridgehead atoms. The Morgan fingerprint density at radius 2 is 1.62 bits per heavy atom. The van der Waals surface area contributed by atoms with E-state index in [1.54, 1.807) is 18.2 Å². The second-order valence-electron chi connectivity index (χ2n) is 9.68. The third-order valence-electron chi connectivity index (χ3n) is 6.40. The summed E-state index contributed by atoms with van der Waals surface area (Å²) in [5, 5.41) is 9.38. The van der Waals surface area contributed by atoms with Crippen molar-refractivity contribution in [2.24, 2.45) is 5.11 Å². The van der Waals surface area contributed by atoms with Crippen molar-refractivity contribution in [1.29, 1.82) is 0 Å². The number of nitrogens with one attached hydrogen (secondary N) is 2. The lowest BCUT2D eigenvalue weighted by Gasteiger charge is -2.46. The summed E-state index contributed by atoms with van der Waals surface area (Å²) in [4.78, 5) is 62.9. The Balaban J connectivity index is 2.02. The van der Waals surface area contributed by atoms with Gasteiger partial charge >= 0.3 is 23.9 Å². The maximum absolute atomic E-state index is 12.0. The average molecular weight is 591 g/mol. The van der Waals surface area contributed by atoms with Crippen molar-refractivity contribution < 1.29 is 42.9 Å². The van der Waals surface area contributed by atoms with Gasteiger partial charge in [-0.2, -0.15) is 0 Å². The maximum Gasteiger partial charge on any atom is 0.303 e. The summed E-state index contributed by atoms with van der Waals surface area (Å²) in [5.74, 6) is -2.36. The zero-order valence-electron chi connectivity index (χ0n) is 24.2. The quantitative estimate of drug-likeness (QED) is 0.0545. The first kappa shape index (κ1) is 33.8. The average Bonchev–Trinajstić information content (AvgIpc) is 2.90. The van der Waals surface area contributed by atoms with Crippen LogP contribution in [0.25, 0.3) is 10.4 Å². The van der Waals surface area contributed by atoms with Crippen LogP contribution in [-0.4, -0.2) is 85.8 Å². The molecule has 2 N–H and O–H groups in total. The van der Waals surface area contributed by atoms with Crippen molar-refractivity contribution in [2.45, 2.75) is 77.7 Å². The standard InChI is InChI=1S/C27H38N6O9/c1-17(35)39-15-24-26(41-19(3)37)27(42-20(4)38)25(40-18(2)36)14-33(24)12-8-6-5-7-11-29-22-10-9-21(31-32-28)13-23(22)30-16-34/h9-10,13,16,24-27,29H,5-8,11-12,14-15H2,1-4H3,(H,30,34)/t24-,25+,26-,27-/m1/s1. The first-order valence-electron chi connectivity index (χ1n) is 13.6. The Morgan fingerprint density at radius 1 is 0.952 bits per heavy atom. The van der Waals surface area contributed by atoms with Crippen LogP contribution in [-0.2, 0) is 42.9 Å². The second kappa shape index (κ2) is 17.5. The molecule has 15 nitrogen and oxygen atoms in total. The number of likely N-dealkylation sites (tertiary alicyclic amines) is 1. The highest BCUT2D eigenvalue weighted by Crippen LogP contribution is 2.29. The molecule has 1 aliphatic rings. The largest absolute Gasteiger partial charge is 0.464 e. The van der Waals surface area contributed by atoms with E-state index in [0.717, 1.165) is 25.7 Å². The minimum absolute atomic E-state index is 0.114. The molecule has 0 saturated carbocycles. The molecule has 0 aliphatic carbocycles. The first-order valence-corrected chi connectivity index (χ1v) is 13.6. The fourth-order valence-corrected chi connectivity index (χ4v) is 4.76. The van der Waals surface area contributed by atoms with Crippen LogP contribution in [0.2, 0.25) is 0 Å². The number of carbonyl (C=O) groups is 5. The van der Waals surface area contributed by atoms with E-state index in [0.29, 0.717) is 36.6 Å². The SMILES string of the molecule is CC(=O)OC[C@@H]1[C@@H](OC(C)=O)[C@H](OC(C)=O)[C@@H](OC(C)=O)CN1CCCCCCNc1ccc(N=[N+]=[N-])cc1NC=O. The smallest absolute Gasteiger partial charge is 0.303 e. The summed E-state index contributed by atoms with van der Waals surface area (Å²) < 4.78 is 21.7. The second-order valence-corrected chi connectivity index (χ2v) is 9.68. The Kier molecular flexibility index (Phi) is 14.1. The number of amides is 1. The van der Waals surface area contributed by atoms with Gasteiger partial charge in [0.25, 0.3) is 0 Å². The van der Waals surface area contributed by atoms with Crippen LogP contribution in [0.4, 0.5) is 17.1 Å². The normalized spacial score (nSPS) is 19.9. The number of hydrogen-bond acceptors (Lipinski definition) is 12. The van der Waals surface area contributed by atoms with E-state index >= 15 is 0 Å². The van der Waals surface area contributed by atoms with E-state index < -0.39 is 48.2 Å². The lowest BCUT2D eigenvalue weighted by molar-refractivity contribution is -0.207. The molecule has 1 fully saturated rings. The van der Waals surface area contributed by atoms with Gasteiger partial charge in [-0.25, -0.2) is 0 Å². The number of anilines is 2. The Morgan fingerprint density at radius 3 is 2.24 bits per heavy atom. The molecule has 0 unspecified atom stereocenters. The van der Waals surface area contributed by atoms with Crippen LogP contribution in [0.5, 0.6) is 0 Å². The summed E-state index contributed by atoms with van der Waals surface area (Å²) in [7, 11) is 0. The van der Waals surface area contributed by atoms with Crippen molar-refractivity contribution in [3.05, 3.63) is 28.6 Å². The highest BCUT2D eigenvalue weighted by molar-refractivity contribution is 5.82. The van der Waals surface area contributed by atoms with E-state index in [1.165, 1.54) is 27.7 Å². The number of piperidine rings is 1. The highest BCUT2D eigenvalue weighted by atomic mass is 16.6. The van der Waals surface area contributed by atoms with Crippen LogP contribution in [0, 0.1) is 0 Å². The Hall–Kier alpha value is -4.36. The topological polar surface area (TPSA) is 198 Å². The number of esters is 4. The number of azide groups is 1. The number of hydrogen-bond donors (Lipinski definition) is 2. The fourth-order valence-electron chi connectivity index (χ4n) is 4.76. The van der Waals surface area contributed by atoms with Gasteiger partial charge in [0.05, 0.1) is 17.4 Å². The van der Waals surface area contributed by atoms with Gasteiger partial charge in [0.2, 0.25) is 6.41 Å². The summed E-state index contributed by atoms with van der Waals surface area (Å²) >= 11 is 0. The van der Waals surface area contributed by atoms with Crippen molar-refractivity contribution in [3.63, 3.8) is 0 Å². The monoisotopic (exact) mass is 590 g/mol. The molecule has 1 amide bonds. The molecule has 0 aromatic heterocycles. The fraction of sp³-hybridized carbons (Fsp3) is 0.593. The van der Waals surface area contributed by atoms with Gasteiger partial charge in [-0.05, 0) is 37.1 Å². The van der Waals surface area contributed by atoms with Gasteiger partial charge in [-0.15, -0.1) is 0 Å². The van der Waals surface area contributed by atoms with E-state index in [4.69, 9.17) is 24.5 Å². The molecule has 42 heavy (non-hydrogen) atoms. The van der Waals surface area contributed by atoms with Crippen molar-refractivity contribution in [1.82, 2.24) is 4.90 Å². The number of unbranched alkanes of at least 4 members (excludes halogenated alkanes) is 3. The molecule has 230 valence electrons. The van der Waals surface area contributed by atoms with Gasteiger partial charge in [0.15, 0.2) is 18.3 Å². The third-order valence-corrected chi connectivity index (χ3v) is 6.40. The molecule has 1 saturated heterocycles. The third kappa shape index (κ3) is 11.3. The van der Waals surface area contributed by atoms with Gasteiger partial charge in [0, 0.05) is 51.4 Å². The number of benzene rings is 1. The van der Waals surface area contributed by atoms with E-state index in [-0.39, 0.29) is 13.2 Å². The Bertz CT molecular complexity index is 1160. The van der Waals surface area contributed by atoms with Gasteiger partial charge in [-0.3, -0.25) is 28.9 Å². The first-order chi connectivity index (χ1) is 20.0. The Labute approximate surface area is 243 Å². The van der Waals surface area contributed by atoms with Crippen LogP contribution in [0.15, 0.2) is 23.3 Å². The molecule has 1 heterocycles. The maximum atomic E-state index is 12.0. The minimum atomic E-state index is -1.07. The molecule has 0 radical (unpaired) electrons. The summed E-state index contributed by atoms with van der Waals surface area (Å²) in [6.45, 7) is 6.13. The molecular formula is C27H38N6O9. The minimum Gasteiger partial charge on any atom is -0.464 e. The molecule has 4 atom stereocenters. The van der Waals surface area contributed by atoms with Crippen LogP contribution in [0.1, 0.15) is 53.4 Å². The van der Waals surface area contributed by atoms with Crippen molar-refractivity contribution in [2.75, 3.05) is 36.9 Å². The number of carbonyl (C=O) groups excluding carboxylic acids is 5. The van der Waals surface area contributed by atoms with Crippen LogP contribution in [0.3, 0.4) is 0 Å². The predicted molar refractivity (Wildman–Crippen MR) is 151 cm³/mol. The molecule has 1 aromatic rings. The zero-order chi connectivity index (χ0) is 31.1. The summed E-state index contributed by atoms with van der Waals surface area (Å²) in [6, 6.07) is 4.30. The van der Waals surface area contributed by atoms with Crippen molar-refractivity contribution >= 4 is 47.3 Å². The van der Waals surface area contributed by atoms with Gasteiger partial charge in [-0.1, -0.05) is 24.0 Å². The molecule has 1 aliphatic heterocycles. The molecule has 2 rings (SSSR count). The van der Waals surface area contributed by atoms with Crippen LogP contribution < -0.4 is 10.6 Å². The summed E-state index contributed by atoms with van der Waals surface area (Å²) in [6.07, 6.45) is 0.778. The zero-order valence-corrected chi connectivity index (χ0v) is 24.2. The number of ether oxygens (including phenoxy) is 4. The van der Waals surface area contributed by atoms with Gasteiger partial charge in [0.1, 0.15) is 6.61 Å². The van der Waals surface area contributed by atoms with Crippen molar-refractivity contribution in [3.8, 4) is 0 Å². The van der Waals surface area contributed by atoms with E-state index in [9.17, 15) is 24.0 Å². The number of rotatable bonds is 16. The molecule has 1 aromatic carbocycles. The predicted octanol–water partition coefficient (Wildman–Crippen LogP) is 3.21. The molecular weight excluding hydrogens is 552 g/mol. The summed E-state index contributed by atoms with van der Waals surface area (Å²) in [5.41, 5.74) is 10.2. The number of nitrogens with zero attached hydrogens (tertiary/aromatic N) is 4. The van der Waals surface area contributed by atoms with E-state index in [2.05, 4.69) is 20.7 Å². The molecule has 0 spiro atoms.